The van der Waals surface area contributed by atoms with E-state index in [0.717, 1.165) is 24.3 Å². The minimum atomic E-state index is 0.597. The SMILES string of the molecule is CCNC(CCCC(C(C)C)C1(C)CCCCCCC1)C(C)C. The predicted octanol–water partition coefficient (Wildman–Crippen LogP) is 6.81. The molecule has 0 spiro atoms. The molecule has 1 rings (SSSR count). The van der Waals surface area contributed by atoms with Crippen molar-refractivity contribution in [2.75, 3.05) is 6.54 Å². The lowest BCUT2D eigenvalue weighted by atomic mass is 9.63. The standard InChI is InChI=1S/C22H45N/c1-7-23-21(19(4)5)15-13-14-20(18(2)3)22(6)16-11-9-8-10-12-17-22/h18-21,23H,7-17H2,1-6H3. The summed E-state index contributed by atoms with van der Waals surface area (Å²) >= 11 is 0. The molecule has 1 aliphatic carbocycles. The van der Waals surface area contributed by atoms with Crippen molar-refractivity contribution in [3.05, 3.63) is 0 Å². The Morgan fingerprint density at radius 2 is 1.39 bits per heavy atom. The van der Waals surface area contributed by atoms with Gasteiger partial charge in [0.05, 0.1) is 0 Å². The molecule has 0 aromatic carbocycles. The molecule has 2 unspecified atom stereocenters. The maximum atomic E-state index is 3.69. The van der Waals surface area contributed by atoms with Gasteiger partial charge in [-0.05, 0) is 55.4 Å². The molecule has 1 nitrogen and oxygen atoms in total. The Labute approximate surface area is 147 Å². The molecule has 0 aliphatic heterocycles. The van der Waals surface area contributed by atoms with Crippen molar-refractivity contribution in [2.45, 2.75) is 112 Å². The van der Waals surface area contributed by atoms with Crippen molar-refractivity contribution in [3.63, 3.8) is 0 Å². The van der Waals surface area contributed by atoms with Crippen LogP contribution >= 0.6 is 0 Å². The van der Waals surface area contributed by atoms with Gasteiger partial charge in [0.2, 0.25) is 0 Å². The van der Waals surface area contributed by atoms with Gasteiger partial charge in [-0.1, -0.05) is 80.1 Å². The minimum Gasteiger partial charge on any atom is -0.314 e. The molecular formula is C22H45N. The summed E-state index contributed by atoms with van der Waals surface area (Å²) in [4.78, 5) is 0. The normalized spacial score (nSPS) is 21.9. The van der Waals surface area contributed by atoms with E-state index in [9.17, 15) is 0 Å². The first-order valence-electron chi connectivity index (χ1n) is 10.6. The van der Waals surface area contributed by atoms with E-state index in [0.29, 0.717) is 11.5 Å². The molecule has 0 aromatic rings. The number of hydrogen-bond donors (Lipinski definition) is 1. The highest BCUT2D eigenvalue weighted by atomic mass is 14.9. The summed E-state index contributed by atoms with van der Waals surface area (Å²) in [7, 11) is 0. The third kappa shape index (κ3) is 7.16. The third-order valence-corrected chi connectivity index (χ3v) is 6.50. The fourth-order valence-corrected chi connectivity index (χ4v) is 5.06. The molecular weight excluding hydrogens is 278 g/mol. The van der Waals surface area contributed by atoms with Gasteiger partial charge in [0.25, 0.3) is 0 Å². The lowest BCUT2D eigenvalue weighted by Crippen LogP contribution is -2.35. The zero-order valence-electron chi connectivity index (χ0n) is 17.1. The second-order valence-corrected chi connectivity index (χ2v) is 9.11. The van der Waals surface area contributed by atoms with Gasteiger partial charge in [-0.3, -0.25) is 0 Å². The topological polar surface area (TPSA) is 12.0 Å². The minimum absolute atomic E-state index is 0.597. The van der Waals surface area contributed by atoms with E-state index in [4.69, 9.17) is 0 Å². The van der Waals surface area contributed by atoms with Gasteiger partial charge < -0.3 is 5.32 Å². The van der Waals surface area contributed by atoms with Crippen LogP contribution in [-0.2, 0) is 0 Å². The summed E-state index contributed by atoms with van der Waals surface area (Å²) in [5, 5.41) is 3.69. The van der Waals surface area contributed by atoms with Crippen molar-refractivity contribution in [1.29, 1.82) is 0 Å². The van der Waals surface area contributed by atoms with Crippen LogP contribution in [-0.4, -0.2) is 12.6 Å². The maximum Gasteiger partial charge on any atom is 0.00899 e. The van der Waals surface area contributed by atoms with E-state index in [1.807, 2.05) is 0 Å². The van der Waals surface area contributed by atoms with Crippen molar-refractivity contribution in [3.8, 4) is 0 Å². The highest BCUT2D eigenvalue weighted by Crippen LogP contribution is 2.45. The summed E-state index contributed by atoms with van der Waals surface area (Å²) in [6.07, 6.45) is 14.5. The van der Waals surface area contributed by atoms with Gasteiger partial charge in [-0.15, -0.1) is 0 Å². The van der Waals surface area contributed by atoms with Crippen molar-refractivity contribution >= 4 is 0 Å². The van der Waals surface area contributed by atoms with Gasteiger partial charge >= 0.3 is 0 Å². The lowest BCUT2D eigenvalue weighted by molar-refractivity contribution is 0.0847. The van der Waals surface area contributed by atoms with Crippen LogP contribution in [0.25, 0.3) is 0 Å². The molecule has 1 N–H and O–H groups in total. The van der Waals surface area contributed by atoms with Crippen LogP contribution in [0, 0.1) is 23.2 Å². The average Bonchev–Trinajstić information content (AvgIpc) is 2.46. The second kappa shape index (κ2) is 10.7. The molecule has 1 aliphatic rings. The molecule has 0 amide bonds. The van der Waals surface area contributed by atoms with Crippen LogP contribution < -0.4 is 5.32 Å². The molecule has 2 atom stereocenters. The average molecular weight is 324 g/mol. The van der Waals surface area contributed by atoms with Crippen LogP contribution in [0.5, 0.6) is 0 Å². The zero-order valence-corrected chi connectivity index (χ0v) is 17.1. The van der Waals surface area contributed by atoms with E-state index in [1.165, 1.54) is 64.2 Å². The molecule has 0 radical (unpaired) electrons. The third-order valence-electron chi connectivity index (χ3n) is 6.50. The summed E-state index contributed by atoms with van der Waals surface area (Å²) in [6.45, 7) is 15.6. The van der Waals surface area contributed by atoms with Crippen molar-refractivity contribution in [2.24, 2.45) is 23.2 Å². The molecule has 1 fully saturated rings. The van der Waals surface area contributed by atoms with E-state index >= 15 is 0 Å². The van der Waals surface area contributed by atoms with Gasteiger partial charge in [0.1, 0.15) is 0 Å². The smallest absolute Gasteiger partial charge is 0.00899 e. The van der Waals surface area contributed by atoms with E-state index in [-0.39, 0.29) is 0 Å². The molecule has 0 heterocycles. The molecule has 1 saturated carbocycles. The first-order valence-corrected chi connectivity index (χ1v) is 10.6. The van der Waals surface area contributed by atoms with Crippen LogP contribution in [0.1, 0.15) is 106 Å². The van der Waals surface area contributed by atoms with E-state index < -0.39 is 0 Å². The Bertz CT molecular complexity index is 286. The summed E-state index contributed by atoms with van der Waals surface area (Å²) in [5.74, 6) is 2.50. The van der Waals surface area contributed by atoms with Gasteiger partial charge in [-0.25, -0.2) is 0 Å². The Morgan fingerprint density at radius 1 is 0.826 bits per heavy atom. The fraction of sp³-hybridized carbons (Fsp3) is 1.00. The Kier molecular flexibility index (Phi) is 9.82. The van der Waals surface area contributed by atoms with Crippen LogP contribution in [0.4, 0.5) is 0 Å². The van der Waals surface area contributed by atoms with Gasteiger partial charge in [-0.2, -0.15) is 0 Å². The largest absolute Gasteiger partial charge is 0.314 e. The highest BCUT2D eigenvalue weighted by Gasteiger charge is 2.35. The number of rotatable bonds is 9. The fourth-order valence-electron chi connectivity index (χ4n) is 5.06. The summed E-state index contributed by atoms with van der Waals surface area (Å²) in [5.41, 5.74) is 0.597. The molecule has 0 bridgehead atoms. The molecule has 23 heavy (non-hydrogen) atoms. The van der Waals surface area contributed by atoms with Gasteiger partial charge in [0, 0.05) is 6.04 Å². The lowest BCUT2D eigenvalue weighted by Gasteiger charge is -2.42. The van der Waals surface area contributed by atoms with Crippen molar-refractivity contribution in [1.82, 2.24) is 5.32 Å². The van der Waals surface area contributed by atoms with Crippen LogP contribution in [0.15, 0.2) is 0 Å². The first-order chi connectivity index (χ1) is 10.9. The van der Waals surface area contributed by atoms with Crippen LogP contribution in [0.2, 0.25) is 0 Å². The number of hydrogen-bond acceptors (Lipinski definition) is 1. The zero-order chi connectivity index (χ0) is 17.3. The summed E-state index contributed by atoms with van der Waals surface area (Å²) in [6, 6.07) is 0.706. The summed E-state index contributed by atoms with van der Waals surface area (Å²) < 4.78 is 0. The predicted molar refractivity (Wildman–Crippen MR) is 105 cm³/mol. The van der Waals surface area contributed by atoms with E-state index in [2.05, 4.69) is 46.9 Å². The molecule has 0 saturated heterocycles. The van der Waals surface area contributed by atoms with Gasteiger partial charge in [0.15, 0.2) is 0 Å². The monoisotopic (exact) mass is 323 g/mol. The second-order valence-electron chi connectivity index (χ2n) is 9.11. The first kappa shape index (κ1) is 21.0. The Morgan fingerprint density at radius 3 is 1.87 bits per heavy atom. The van der Waals surface area contributed by atoms with E-state index in [1.54, 1.807) is 0 Å². The van der Waals surface area contributed by atoms with Crippen molar-refractivity contribution < 1.29 is 0 Å². The Balaban J connectivity index is 2.59. The molecule has 0 aromatic heterocycles. The quantitative estimate of drug-likeness (QED) is 0.491. The van der Waals surface area contributed by atoms with Crippen LogP contribution in [0.3, 0.4) is 0 Å². The maximum absolute atomic E-state index is 3.69. The number of nitrogens with one attached hydrogen (secondary N) is 1. The molecule has 1 heteroatoms. The Hall–Kier alpha value is -0.0400. The highest BCUT2D eigenvalue weighted by molar-refractivity contribution is 4.86. The molecule has 138 valence electrons.